The molecule has 0 heterocycles. The van der Waals surface area contributed by atoms with E-state index in [2.05, 4.69) is 33.8 Å². The summed E-state index contributed by atoms with van der Waals surface area (Å²) in [6, 6.07) is 12.2. The average molecular weight is 240 g/mol. The van der Waals surface area contributed by atoms with Gasteiger partial charge in [0.25, 0.3) is 0 Å². The number of ether oxygens (including phenoxy) is 1. The molecule has 0 fully saturated rings. The minimum Gasteiger partial charge on any atom is -0.489 e. The lowest BCUT2D eigenvalue weighted by Crippen LogP contribution is -2.03. The molecule has 18 heavy (non-hydrogen) atoms. The summed E-state index contributed by atoms with van der Waals surface area (Å²) in [7, 11) is 0. The third-order valence-corrected chi connectivity index (χ3v) is 3.64. The summed E-state index contributed by atoms with van der Waals surface area (Å²) < 4.78 is 5.85. The van der Waals surface area contributed by atoms with E-state index in [1.54, 1.807) is 0 Å². The maximum Gasteiger partial charge on any atom is 0.119 e. The van der Waals surface area contributed by atoms with E-state index in [9.17, 15) is 0 Å². The quantitative estimate of drug-likeness (QED) is 0.767. The van der Waals surface area contributed by atoms with Crippen molar-refractivity contribution in [3.8, 4) is 5.75 Å². The predicted molar refractivity (Wildman–Crippen MR) is 76.2 cm³/mol. The van der Waals surface area contributed by atoms with Gasteiger partial charge in [-0.1, -0.05) is 24.3 Å². The summed E-state index contributed by atoms with van der Waals surface area (Å²) in [5.74, 6) is 0.925. The standard InChI is InChI=1S/C17H20O/c1-12-10-13(2)17(15(4)14(12)3)11-18-16-8-6-5-7-9-16/h5-10H,11H2,1-4H3. The van der Waals surface area contributed by atoms with E-state index in [-0.39, 0.29) is 0 Å². The highest BCUT2D eigenvalue weighted by Crippen LogP contribution is 2.23. The van der Waals surface area contributed by atoms with Gasteiger partial charge in [-0.2, -0.15) is 0 Å². The molecule has 0 saturated heterocycles. The molecule has 0 amide bonds. The van der Waals surface area contributed by atoms with Crippen LogP contribution in [0, 0.1) is 27.7 Å². The molecule has 2 aromatic carbocycles. The van der Waals surface area contributed by atoms with Crippen molar-refractivity contribution in [2.75, 3.05) is 0 Å². The Bertz CT molecular complexity index is 541. The van der Waals surface area contributed by atoms with Crippen molar-refractivity contribution in [3.63, 3.8) is 0 Å². The highest BCUT2D eigenvalue weighted by atomic mass is 16.5. The Balaban J connectivity index is 2.22. The van der Waals surface area contributed by atoms with E-state index in [1.807, 2.05) is 30.3 Å². The monoisotopic (exact) mass is 240 g/mol. The van der Waals surface area contributed by atoms with E-state index in [0.29, 0.717) is 6.61 Å². The maximum absolute atomic E-state index is 5.85. The highest BCUT2D eigenvalue weighted by Gasteiger charge is 2.08. The Morgan fingerprint density at radius 1 is 0.833 bits per heavy atom. The minimum atomic E-state index is 0.642. The van der Waals surface area contributed by atoms with Gasteiger partial charge >= 0.3 is 0 Å². The lowest BCUT2D eigenvalue weighted by molar-refractivity contribution is 0.304. The smallest absolute Gasteiger partial charge is 0.119 e. The van der Waals surface area contributed by atoms with Gasteiger partial charge in [-0.3, -0.25) is 0 Å². The predicted octanol–water partition coefficient (Wildman–Crippen LogP) is 4.50. The second-order valence-corrected chi connectivity index (χ2v) is 4.84. The maximum atomic E-state index is 5.85. The number of para-hydroxylation sites is 1. The first kappa shape index (κ1) is 12.7. The van der Waals surface area contributed by atoms with Crippen molar-refractivity contribution in [2.45, 2.75) is 34.3 Å². The number of aryl methyl sites for hydroxylation is 2. The summed E-state index contributed by atoms with van der Waals surface area (Å²) >= 11 is 0. The topological polar surface area (TPSA) is 9.23 Å². The van der Waals surface area contributed by atoms with E-state index in [0.717, 1.165) is 5.75 Å². The van der Waals surface area contributed by atoms with Gasteiger partial charge in [0.2, 0.25) is 0 Å². The van der Waals surface area contributed by atoms with Crippen molar-refractivity contribution in [3.05, 3.63) is 64.2 Å². The van der Waals surface area contributed by atoms with Gasteiger partial charge in [0, 0.05) is 0 Å². The van der Waals surface area contributed by atoms with Crippen LogP contribution in [0.15, 0.2) is 36.4 Å². The summed E-state index contributed by atoms with van der Waals surface area (Å²) in [6.45, 7) is 9.32. The molecule has 2 rings (SSSR count). The van der Waals surface area contributed by atoms with Crippen LogP contribution in [0.3, 0.4) is 0 Å². The fourth-order valence-corrected chi connectivity index (χ4v) is 2.23. The number of rotatable bonds is 3. The largest absolute Gasteiger partial charge is 0.489 e. The molecule has 0 N–H and O–H groups in total. The SMILES string of the molecule is Cc1cc(C)c(COc2ccccc2)c(C)c1C. The van der Waals surface area contributed by atoms with Crippen LogP contribution in [0.1, 0.15) is 27.8 Å². The van der Waals surface area contributed by atoms with Gasteiger partial charge in [-0.25, -0.2) is 0 Å². The Hall–Kier alpha value is -1.76. The molecule has 0 atom stereocenters. The number of hydrogen-bond donors (Lipinski definition) is 0. The molecule has 2 aromatic rings. The summed E-state index contributed by atoms with van der Waals surface area (Å²) in [6.07, 6.45) is 0. The second-order valence-electron chi connectivity index (χ2n) is 4.84. The average Bonchev–Trinajstić information content (AvgIpc) is 2.37. The molecular formula is C17H20O. The molecule has 0 radical (unpaired) electrons. The minimum absolute atomic E-state index is 0.642. The molecular weight excluding hydrogens is 220 g/mol. The van der Waals surface area contributed by atoms with Gasteiger partial charge in [0.15, 0.2) is 0 Å². The Morgan fingerprint density at radius 2 is 1.50 bits per heavy atom. The van der Waals surface area contributed by atoms with Crippen LogP contribution in [0.4, 0.5) is 0 Å². The summed E-state index contributed by atoms with van der Waals surface area (Å²) in [4.78, 5) is 0. The molecule has 0 saturated carbocycles. The molecule has 0 aliphatic carbocycles. The first-order chi connectivity index (χ1) is 8.59. The van der Waals surface area contributed by atoms with Crippen molar-refractivity contribution in [2.24, 2.45) is 0 Å². The van der Waals surface area contributed by atoms with Crippen LogP contribution in [0.5, 0.6) is 5.75 Å². The second kappa shape index (κ2) is 5.26. The van der Waals surface area contributed by atoms with Crippen molar-refractivity contribution in [1.29, 1.82) is 0 Å². The molecule has 0 spiro atoms. The van der Waals surface area contributed by atoms with Gasteiger partial charge in [0.1, 0.15) is 12.4 Å². The van der Waals surface area contributed by atoms with E-state index in [1.165, 1.54) is 27.8 Å². The fourth-order valence-electron chi connectivity index (χ4n) is 2.23. The van der Waals surface area contributed by atoms with E-state index in [4.69, 9.17) is 4.74 Å². The first-order valence-corrected chi connectivity index (χ1v) is 6.33. The fraction of sp³-hybridized carbons (Fsp3) is 0.294. The third-order valence-electron chi connectivity index (χ3n) is 3.64. The van der Waals surface area contributed by atoms with Crippen LogP contribution in [-0.4, -0.2) is 0 Å². The molecule has 0 aliphatic heterocycles. The molecule has 1 nitrogen and oxygen atoms in total. The molecule has 0 unspecified atom stereocenters. The van der Waals surface area contributed by atoms with Crippen LogP contribution in [0.2, 0.25) is 0 Å². The lowest BCUT2D eigenvalue weighted by Gasteiger charge is -2.15. The van der Waals surface area contributed by atoms with Crippen molar-refractivity contribution in [1.82, 2.24) is 0 Å². The summed E-state index contributed by atoms with van der Waals surface area (Å²) in [5.41, 5.74) is 6.69. The molecule has 0 aromatic heterocycles. The first-order valence-electron chi connectivity index (χ1n) is 6.33. The van der Waals surface area contributed by atoms with Gasteiger partial charge in [-0.15, -0.1) is 0 Å². The van der Waals surface area contributed by atoms with E-state index >= 15 is 0 Å². The Morgan fingerprint density at radius 3 is 2.17 bits per heavy atom. The van der Waals surface area contributed by atoms with Gasteiger partial charge < -0.3 is 4.74 Å². The normalized spacial score (nSPS) is 10.4. The Kier molecular flexibility index (Phi) is 3.71. The zero-order valence-electron chi connectivity index (χ0n) is 11.6. The zero-order valence-corrected chi connectivity index (χ0v) is 11.6. The van der Waals surface area contributed by atoms with Crippen LogP contribution >= 0.6 is 0 Å². The lowest BCUT2D eigenvalue weighted by atomic mass is 9.95. The zero-order chi connectivity index (χ0) is 13.1. The Labute approximate surface area is 109 Å². The number of benzene rings is 2. The van der Waals surface area contributed by atoms with Crippen LogP contribution < -0.4 is 4.74 Å². The van der Waals surface area contributed by atoms with Crippen LogP contribution in [0.25, 0.3) is 0 Å². The van der Waals surface area contributed by atoms with Crippen molar-refractivity contribution < 1.29 is 4.74 Å². The van der Waals surface area contributed by atoms with Gasteiger partial charge in [0.05, 0.1) is 0 Å². The third kappa shape index (κ3) is 2.56. The summed E-state index contributed by atoms with van der Waals surface area (Å²) in [5, 5.41) is 0. The highest BCUT2D eigenvalue weighted by molar-refractivity contribution is 5.43. The molecule has 0 bridgehead atoms. The molecule has 0 aliphatic rings. The van der Waals surface area contributed by atoms with E-state index < -0.39 is 0 Å². The van der Waals surface area contributed by atoms with Crippen molar-refractivity contribution >= 4 is 0 Å². The molecule has 94 valence electrons. The van der Waals surface area contributed by atoms with Gasteiger partial charge in [-0.05, 0) is 67.6 Å². The van der Waals surface area contributed by atoms with Crippen LogP contribution in [-0.2, 0) is 6.61 Å². The number of hydrogen-bond acceptors (Lipinski definition) is 1. The molecule has 1 heteroatoms.